The van der Waals surface area contributed by atoms with Crippen molar-refractivity contribution in [2.24, 2.45) is 15.9 Å². The summed E-state index contributed by atoms with van der Waals surface area (Å²) in [5.41, 5.74) is -2.52. The van der Waals surface area contributed by atoms with Gasteiger partial charge in [0.05, 0.1) is 5.92 Å². The number of rotatable bonds is 3. The van der Waals surface area contributed by atoms with Crippen molar-refractivity contribution >= 4 is 29.1 Å². The number of hydrogen-bond donors (Lipinski definition) is 2. The Morgan fingerprint density at radius 2 is 2.38 bits per heavy atom. The van der Waals surface area contributed by atoms with Crippen molar-refractivity contribution in [3.8, 4) is 0 Å². The Bertz CT molecular complexity index is 410. The zero-order chi connectivity index (χ0) is 12.1. The summed E-state index contributed by atoms with van der Waals surface area (Å²) in [6.45, 7) is 2.89. The first kappa shape index (κ1) is 11.5. The molecule has 1 aliphatic carbocycles. The van der Waals surface area contributed by atoms with Crippen LogP contribution in [-0.2, 0) is 4.79 Å². The summed E-state index contributed by atoms with van der Waals surface area (Å²) in [5, 5.41) is 11.6. The minimum Gasteiger partial charge on any atom is -0.480 e. The van der Waals surface area contributed by atoms with E-state index < -0.39 is 29.3 Å². The number of amidine groups is 1. The van der Waals surface area contributed by atoms with Gasteiger partial charge in [-0.25, -0.2) is 14.4 Å². The number of nitrogens with one attached hydrogen (secondary N) is 1. The van der Waals surface area contributed by atoms with Gasteiger partial charge in [-0.15, -0.1) is 0 Å². The van der Waals surface area contributed by atoms with Gasteiger partial charge in [-0.3, -0.25) is 10.1 Å². The molecule has 3 atom stereocenters. The van der Waals surface area contributed by atoms with Gasteiger partial charge in [0, 0.05) is 6.21 Å². The topological polar surface area (TPSA) is 74.0 Å². The summed E-state index contributed by atoms with van der Waals surface area (Å²) in [5.74, 6) is -1.61. The molecule has 1 aliphatic heterocycles. The minimum atomic E-state index is -1.29. The molecule has 7 heteroatoms. The molecule has 0 saturated heterocycles. The van der Waals surface area contributed by atoms with E-state index in [4.69, 9.17) is 16.7 Å². The molecule has 1 saturated carbocycles. The van der Waals surface area contributed by atoms with Gasteiger partial charge < -0.3 is 5.11 Å². The molecule has 2 N–H and O–H groups in total. The zero-order valence-corrected chi connectivity index (χ0v) is 9.49. The van der Waals surface area contributed by atoms with E-state index in [0.29, 0.717) is 0 Å². The molecule has 0 bridgehead atoms. The number of fused-ring (bicyclic) bond motifs is 1. The molecule has 1 fully saturated rings. The van der Waals surface area contributed by atoms with Crippen molar-refractivity contribution < 1.29 is 14.3 Å². The summed E-state index contributed by atoms with van der Waals surface area (Å²) >= 11 is 5.60. The third-order valence-electron chi connectivity index (χ3n) is 2.80. The number of alkyl halides is 1. The predicted octanol–water partition coefficient (Wildman–Crippen LogP) is 0.783. The molecule has 0 amide bonds. The van der Waals surface area contributed by atoms with Gasteiger partial charge in [0.1, 0.15) is 5.54 Å². The highest BCUT2D eigenvalue weighted by Gasteiger charge is 2.69. The largest absolute Gasteiger partial charge is 0.480 e. The van der Waals surface area contributed by atoms with Crippen molar-refractivity contribution in [1.29, 1.82) is 0 Å². The second-order valence-corrected chi connectivity index (χ2v) is 4.81. The molecule has 2 aliphatic rings. The molecule has 0 aromatic heterocycles. The molecule has 0 radical (unpaired) electrons. The first-order valence-electron chi connectivity index (χ1n) is 4.76. The fourth-order valence-corrected chi connectivity index (χ4v) is 1.94. The van der Waals surface area contributed by atoms with E-state index in [2.05, 4.69) is 15.3 Å². The van der Waals surface area contributed by atoms with Crippen LogP contribution in [0.15, 0.2) is 9.98 Å². The van der Waals surface area contributed by atoms with Crippen molar-refractivity contribution in [3.63, 3.8) is 0 Å². The fourth-order valence-electron chi connectivity index (χ4n) is 1.74. The number of aliphatic carboxylic acids is 1. The van der Waals surface area contributed by atoms with E-state index in [1.165, 1.54) is 20.1 Å². The van der Waals surface area contributed by atoms with Gasteiger partial charge in [-0.05, 0) is 25.4 Å². The Labute approximate surface area is 96.4 Å². The van der Waals surface area contributed by atoms with Crippen LogP contribution in [0.4, 0.5) is 4.39 Å². The summed E-state index contributed by atoms with van der Waals surface area (Å²) < 4.78 is 13.6. The summed E-state index contributed by atoms with van der Waals surface area (Å²) in [7, 11) is 0. The molecule has 3 unspecified atom stereocenters. The van der Waals surface area contributed by atoms with Gasteiger partial charge >= 0.3 is 5.97 Å². The van der Waals surface area contributed by atoms with Crippen LogP contribution < -0.4 is 5.32 Å². The fraction of sp³-hybridized carbons (Fsp3) is 0.667. The first-order valence-corrected chi connectivity index (χ1v) is 5.14. The lowest BCUT2D eigenvalue weighted by atomic mass is 10.1. The summed E-state index contributed by atoms with van der Waals surface area (Å²) in [6.07, 6.45) is 0.0800. The summed E-state index contributed by atoms with van der Waals surface area (Å²) in [4.78, 5) is 18.5. The molecule has 2 rings (SSSR count). The highest BCUT2D eigenvalue weighted by atomic mass is 35.5. The molecule has 0 spiro atoms. The second kappa shape index (κ2) is 3.24. The number of halogens is 2. The quantitative estimate of drug-likeness (QED) is 0.724. The lowest BCUT2D eigenvalue weighted by molar-refractivity contribution is -0.144. The number of carboxylic acid groups (broad SMARTS) is 1. The third kappa shape index (κ3) is 1.53. The smallest absolute Gasteiger partial charge is 0.323 e. The molecule has 16 heavy (non-hydrogen) atoms. The summed E-state index contributed by atoms with van der Waals surface area (Å²) in [6, 6.07) is 0. The molecule has 88 valence electrons. The molecular weight excluding hydrogens is 237 g/mol. The maximum atomic E-state index is 13.6. The maximum Gasteiger partial charge on any atom is 0.323 e. The highest BCUT2D eigenvalue weighted by Crippen LogP contribution is 2.49. The van der Waals surface area contributed by atoms with Crippen molar-refractivity contribution in [1.82, 2.24) is 5.32 Å². The van der Waals surface area contributed by atoms with E-state index >= 15 is 0 Å². The van der Waals surface area contributed by atoms with Crippen molar-refractivity contribution in [2.75, 3.05) is 0 Å². The van der Waals surface area contributed by atoms with Gasteiger partial charge in [-0.1, -0.05) is 0 Å². The third-order valence-corrected chi connectivity index (χ3v) is 2.98. The van der Waals surface area contributed by atoms with Crippen LogP contribution in [-0.4, -0.2) is 40.0 Å². The SMILES string of the molecule is CC(C)(NC12N=C(Cl)N=CC1C2F)C(=O)O. The van der Waals surface area contributed by atoms with Crippen LogP contribution in [0.2, 0.25) is 0 Å². The van der Waals surface area contributed by atoms with Gasteiger partial charge in [0.15, 0.2) is 11.8 Å². The number of nitrogens with zero attached hydrogens (tertiary/aromatic N) is 2. The lowest BCUT2D eigenvalue weighted by Crippen LogP contribution is -2.54. The molecule has 1 heterocycles. The Balaban J connectivity index is 2.23. The van der Waals surface area contributed by atoms with Crippen molar-refractivity contribution in [2.45, 2.75) is 31.2 Å². The van der Waals surface area contributed by atoms with Crippen LogP contribution in [0.25, 0.3) is 0 Å². The Morgan fingerprint density at radius 3 is 2.94 bits per heavy atom. The van der Waals surface area contributed by atoms with E-state index in [-0.39, 0.29) is 5.29 Å². The van der Waals surface area contributed by atoms with Crippen LogP contribution in [0.1, 0.15) is 13.8 Å². The van der Waals surface area contributed by atoms with Crippen LogP contribution in [0.3, 0.4) is 0 Å². The van der Waals surface area contributed by atoms with Crippen LogP contribution in [0, 0.1) is 5.92 Å². The first-order chi connectivity index (χ1) is 7.29. The predicted molar refractivity (Wildman–Crippen MR) is 57.7 cm³/mol. The molecule has 0 aromatic carbocycles. The van der Waals surface area contributed by atoms with Gasteiger partial charge in [0.2, 0.25) is 5.29 Å². The lowest BCUT2D eigenvalue weighted by Gasteiger charge is -2.27. The molecule has 0 aromatic rings. The van der Waals surface area contributed by atoms with E-state index in [1.807, 2.05) is 0 Å². The Kier molecular flexibility index (Phi) is 2.32. The van der Waals surface area contributed by atoms with E-state index in [9.17, 15) is 9.18 Å². The average Bonchev–Trinajstić information content (AvgIpc) is 2.68. The average molecular weight is 248 g/mol. The minimum absolute atomic E-state index is 0.0647. The number of carbonyl (C=O) groups is 1. The highest BCUT2D eigenvalue weighted by molar-refractivity contribution is 6.65. The number of aliphatic imine (C=N–C) groups is 2. The maximum absolute atomic E-state index is 13.6. The Hall–Kier alpha value is -1.01. The van der Waals surface area contributed by atoms with Crippen LogP contribution >= 0.6 is 11.6 Å². The van der Waals surface area contributed by atoms with Gasteiger partial charge in [0.25, 0.3) is 0 Å². The number of carboxylic acids is 1. The van der Waals surface area contributed by atoms with E-state index in [1.54, 1.807) is 0 Å². The second-order valence-electron chi connectivity index (χ2n) is 4.47. The normalized spacial score (nSPS) is 36.6. The standard InChI is InChI=1S/C9H11ClFN3O2/c1-8(2,6(15)16)14-9-4(5(9)11)3-12-7(10)13-9/h3-5,14H,1-2H3,(H,15,16). The Morgan fingerprint density at radius 1 is 1.75 bits per heavy atom. The zero-order valence-electron chi connectivity index (χ0n) is 8.74. The number of hydrogen-bond acceptors (Lipinski definition) is 4. The van der Waals surface area contributed by atoms with Crippen molar-refractivity contribution in [3.05, 3.63) is 0 Å². The van der Waals surface area contributed by atoms with Crippen LogP contribution in [0.5, 0.6) is 0 Å². The monoisotopic (exact) mass is 247 g/mol. The molecule has 5 nitrogen and oxygen atoms in total. The van der Waals surface area contributed by atoms with Gasteiger partial charge in [-0.2, -0.15) is 0 Å². The molecular formula is C9H11ClFN3O2. The van der Waals surface area contributed by atoms with E-state index in [0.717, 1.165) is 0 Å².